The van der Waals surface area contributed by atoms with Gasteiger partial charge in [-0.3, -0.25) is 4.79 Å². The highest BCUT2D eigenvalue weighted by Crippen LogP contribution is 2.17. The second kappa shape index (κ2) is 5.50. The molecule has 0 saturated carbocycles. The Balaban J connectivity index is 2.04. The fourth-order valence-electron chi connectivity index (χ4n) is 1.83. The highest BCUT2D eigenvalue weighted by molar-refractivity contribution is 6.06. The van der Waals surface area contributed by atoms with Crippen molar-refractivity contribution in [3.05, 3.63) is 36.0 Å². The van der Waals surface area contributed by atoms with Crippen molar-refractivity contribution in [3.63, 3.8) is 0 Å². The minimum atomic E-state index is -0.0283. The molecular weight excluding hydrogens is 214 g/mol. The first-order valence-corrected chi connectivity index (χ1v) is 5.87. The Kier molecular flexibility index (Phi) is 3.77. The quantitative estimate of drug-likeness (QED) is 0.684. The molecule has 2 aromatic rings. The molecule has 0 unspecified atom stereocenters. The van der Waals surface area contributed by atoms with Crippen molar-refractivity contribution in [1.29, 1.82) is 0 Å². The summed E-state index contributed by atoms with van der Waals surface area (Å²) in [5.74, 6) is -0.0283. The first-order valence-electron chi connectivity index (χ1n) is 5.87. The van der Waals surface area contributed by atoms with Crippen molar-refractivity contribution in [2.24, 2.45) is 5.73 Å². The number of nitrogens with two attached hydrogens (primary N) is 1. The molecule has 0 saturated heterocycles. The lowest BCUT2D eigenvalue weighted by atomic mass is 10.1. The van der Waals surface area contributed by atoms with Gasteiger partial charge in [0.15, 0.2) is 0 Å². The average molecular weight is 231 g/mol. The number of fused-ring (bicyclic) bond motifs is 1. The fourth-order valence-corrected chi connectivity index (χ4v) is 1.83. The van der Waals surface area contributed by atoms with Crippen LogP contribution in [0.3, 0.4) is 0 Å². The maximum atomic E-state index is 11.9. The van der Waals surface area contributed by atoms with E-state index in [0.717, 1.165) is 23.7 Å². The van der Waals surface area contributed by atoms with E-state index in [9.17, 15) is 4.79 Å². The maximum Gasteiger partial charge on any atom is 0.253 e. The summed E-state index contributed by atoms with van der Waals surface area (Å²) in [6.07, 6.45) is 3.61. The number of amides is 1. The van der Waals surface area contributed by atoms with Crippen LogP contribution in [-0.4, -0.2) is 24.0 Å². The first-order chi connectivity index (χ1) is 8.33. The number of carbonyl (C=O) groups excluding carboxylic acids is 1. The highest BCUT2D eigenvalue weighted by Gasteiger charge is 2.10. The third-order valence-corrected chi connectivity index (χ3v) is 2.75. The molecular formula is C13H17N3O. The second-order valence-electron chi connectivity index (χ2n) is 4.00. The number of nitrogens with one attached hydrogen (secondary N) is 2. The van der Waals surface area contributed by atoms with Crippen molar-refractivity contribution in [2.75, 3.05) is 13.1 Å². The molecule has 1 aromatic carbocycles. The Morgan fingerprint density at radius 1 is 1.29 bits per heavy atom. The summed E-state index contributed by atoms with van der Waals surface area (Å²) < 4.78 is 0. The van der Waals surface area contributed by atoms with Crippen LogP contribution in [0.1, 0.15) is 23.2 Å². The van der Waals surface area contributed by atoms with Crippen LogP contribution in [-0.2, 0) is 0 Å². The molecule has 4 N–H and O–H groups in total. The highest BCUT2D eigenvalue weighted by atomic mass is 16.1. The number of unbranched alkanes of at least 4 members (excludes halogenated alkanes) is 1. The van der Waals surface area contributed by atoms with E-state index in [0.29, 0.717) is 18.7 Å². The van der Waals surface area contributed by atoms with E-state index in [-0.39, 0.29) is 5.91 Å². The third kappa shape index (κ3) is 2.65. The summed E-state index contributed by atoms with van der Waals surface area (Å²) in [5, 5.41) is 3.86. The zero-order valence-electron chi connectivity index (χ0n) is 9.70. The van der Waals surface area contributed by atoms with Gasteiger partial charge >= 0.3 is 0 Å². The summed E-state index contributed by atoms with van der Waals surface area (Å²) in [4.78, 5) is 15.0. The second-order valence-corrected chi connectivity index (χ2v) is 4.00. The molecule has 0 spiro atoms. The van der Waals surface area contributed by atoms with Gasteiger partial charge in [-0.1, -0.05) is 18.2 Å². The number of hydrogen-bond donors (Lipinski definition) is 3. The number of para-hydroxylation sites is 1. The van der Waals surface area contributed by atoms with Gasteiger partial charge in [-0.05, 0) is 25.5 Å². The summed E-state index contributed by atoms with van der Waals surface area (Å²) in [5.41, 5.74) is 7.08. The van der Waals surface area contributed by atoms with Crippen LogP contribution >= 0.6 is 0 Å². The van der Waals surface area contributed by atoms with Crippen LogP contribution in [0.15, 0.2) is 30.5 Å². The molecule has 0 atom stereocenters. The van der Waals surface area contributed by atoms with Crippen LogP contribution in [0.5, 0.6) is 0 Å². The van der Waals surface area contributed by atoms with Crippen molar-refractivity contribution in [1.82, 2.24) is 10.3 Å². The molecule has 0 aliphatic heterocycles. The Bertz CT molecular complexity index is 504. The van der Waals surface area contributed by atoms with E-state index in [1.54, 1.807) is 6.20 Å². The van der Waals surface area contributed by atoms with Crippen LogP contribution in [0, 0.1) is 0 Å². The molecule has 4 nitrogen and oxygen atoms in total. The zero-order valence-corrected chi connectivity index (χ0v) is 9.70. The maximum absolute atomic E-state index is 11.9. The van der Waals surface area contributed by atoms with Gasteiger partial charge in [-0.25, -0.2) is 0 Å². The molecule has 0 radical (unpaired) electrons. The number of benzene rings is 1. The van der Waals surface area contributed by atoms with E-state index in [1.165, 1.54) is 0 Å². The van der Waals surface area contributed by atoms with Crippen LogP contribution < -0.4 is 11.1 Å². The van der Waals surface area contributed by atoms with Gasteiger partial charge in [-0.2, -0.15) is 0 Å². The van der Waals surface area contributed by atoms with E-state index < -0.39 is 0 Å². The minimum absolute atomic E-state index is 0.0283. The van der Waals surface area contributed by atoms with Crippen LogP contribution in [0.25, 0.3) is 10.9 Å². The van der Waals surface area contributed by atoms with Crippen molar-refractivity contribution in [2.45, 2.75) is 12.8 Å². The molecule has 17 heavy (non-hydrogen) atoms. The Morgan fingerprint density at radius 3 is 2.94 bits per heavy atom. The molecule has 90 valence electrons. The van der Waals surface area contributed by atoms with Gasteiger partial charge in [-0.15, -0.1) is 0 Å². The Hall–Kier alpha value is -1.81. The molecule has 0 aliphatic carbocycles. The van der Waals surface area contributed by atoms with Gasteiger partial charge in [0.05, 0.1) is 5.56 Å². The predicted octanol–water partition coefficient (Wildman–Crippen LogP) is 1.64. The van der Waals surface area contributed by atoms with E-state index in [1.807, 2.05) is 24.3 Å². The number of aromatic amines is 1. The minimum Gasteiger partial charge on any atom is -0.360 e. The van der Waals surface area contributed by atoms with Gasteiger partial charge in [0.2, 0.25) is 0 Å². The van der Waals surface area contributed by atoms with Crippen molar-refractivity contribution < 1.29 is 4.79 Å². The first kappa shape index (κ1) is 11.7. The molecule has 1 heterocycles. The van der Waals surface area contributed by atoms with E-state index in [4.69, 9.17) is 5.73 Å². The van der Waals surface area contributed by atoms with Crippen LogP contribution in [0.2, 0.25) is 0 Å². The molecule has 0 aliphatic rings. The lowest BCUT2D eigenvalue weighted by molar-refractivity contribution is 0.0954. The summed E-state index contributed by atoms with van der Waals surface area (Å²) in [6.45, 7) is 1.35. The standard InChI is InChI=1S/C13H17N3O/c14-7-3-4-8-15-13(17)11-9-16-12-6-2-1-5-10(11)12/h1-2,5-6,9,16H,3-4,7-8,14H2,(H,15,17). The third-order valence-electron chi connectivity index (χ3n) is 2.75. The number of rotatable bonds is 5. The fraction of sp³-hybridized carbons (Fsp3) is 0.308. The number of aromatic nitrogens is 1. The van der Waals surface area contributed by atoms with Crippen molar-refractivity contribution in [3.8, 4) is 0 Å². The Labute approximate surface area is 100 Å². The largest absolute Gasteiger partial charge is 0.360 e. The lowest BCUT2D eigenvalue weighted by Crippen LogP contribution is -2.24. The van der Waals surface area contributed by atoms with Gasteiger partial charge < -0.3 is 16.0 Å². The number of carbonyl (C=O) groups is 1. The number of hydrogen-bond acceptors (Lipinski definition) is 2. The van der Waals surface area contributed by atoms with Gasteiger partial charge in [0.1, 0.15) is 0 Å². The molecule has 1 amide bonds. The molecule has 0 fully saturated rings. The van der Waals surface area contributed by atoms with Crippen molar-refractivity contribution >= 4 is 16.8 Å². The monoisotopic (exact) mass is 231 g/mol. The smallest absolute Gasteiger partial charge is 0.253 e. The molecule has 2 rings (SSSR count). The molecule has 4 heteroatoms. The topological polar surface area (TPSA) is 70.9 Å². The van der Waals surface area contributed by atoms with Crippen LogP contribution in [0.4, 0.5) is 0 Å². The Morgan fingerprint density at radius 2 is 2.12 bits per heavy atom. The SMILES string of the molecule is NCCCCNC(=O)c1c[nH]c2ccccc12. The summed E-state index contributed by atoms with van der Waals surface area (Å²) in [6, 6.07) is 7.78. The summed E-state index contributed by atoms with van der Waals surface area (Å²) in [7, 11) is 0. The predicted molar refractivity (Wildman–Crippen MR) is 68.9 cm³/mol. The molecule has 0 bridgehead atoms. The normalized spacial score (nSPS) is 10.6. The lowest BCUT2D eigenvalue weighted by Gasteiger charge is -2.03. The summed E-state index contributed by atoms with van der Waals surface area (Å²) >= 11 is 0. The van der Waals surface area contributed by atoms with E-state index in [2.05, 4.69) is 10.3 Å². The molecule has 1 aromatic heterocycles. The number of H-pyrrole nitrogens is 1. The van der Waals surface area contributed by atoms with Gasteiger partial charge in [0.25, 0.3) is 5.91 Å². The average Bonchev–Trinajstić information content (AvgIpc) is 2.78. The van der Waals surface area contributed by atoms with E-state index >= 15 is 0 Å². The van der Waals surface area contributed by atoms with Gasteiger partial charge in [0, 0.05) is 23.6 Å². The zero-order chi connectivity index (χ0) is 12.1.